The Morgan fingerprint density at radius 3 is 2.73 bits per heavy atom. The number of thioether (sulfide) groups is 1. The summed E-state index contributed by atoms with van der Waals surface area (Å²) in [6.45, 7) is 0. The van der Waals surface area contributed by atoms with Crippen molar-refractivity contribution in [1.29, 1.82) is 0 Å². The van der Waals surface area contributed by atoms with Gasteiger partial charge in [0.1, 0.15) is 0 Å². The highest BCUT2D eigenvalue weighted by Gasteiger charge is 2.16. The number of aromatic nitrogens is 4. The second-order valence-corrected chi connectivity index (χ2v) is 6.02. The van der Waals surface area contributed by atoms with Crippen molar-refractivity contribution in [3.05, 3.63) is 34.6 Å². The minimum absolute atomic E-state index is 0.00382. The van der Waals surface area contributed by atoms with Crippen LogP contribution >= 0.6 is 11.8 Å². The molecule has 3 aromatic rings. The van der Waals surface area contributed by atoms with Gasteiger partial charge in [0.25, 0.3) is 5.56 Å². The van der Waals surface area contributed by atoms with E-state index in [1.807, 2.05) is 22.6 Å². The summed E-state index contributed by atoms with van der Waals surface area (Å²) in [6.07, 6.45) is 0. The molecule has 22 heavy (non-hydrogen) atoms. The highest BCUT2D eigenvalue weighted by molar-refractivity contribution is 7.99. The van der Waals surface area contributed by atoms with Crippen molar-refractivity contribution in [2.24, 2.45) is 7.05 Å². The molecule has 0 N–H and O–H groups in total. The minimum atomic E-state index is -0.114. The Kier molecular flexibility index (Phi) is 3.61. The van der Waals surface area contributed by atoms with Gasteiger partial charge in [-0.25, -0.2) is 0 Å². The fourth-order valence-corrected chi connectivity index (χ4v) is 3.08. The molecule has 0 fully saturated rings. The number of hydrogen-bond donors (Lipinski definition) is 0. The molecule has 3 rings (SSSR count). The number of para-hydroxylation sites is 1. The van der Waals surface area contributed by atoms with Crippen LogP contribution in [0.3, 0.4) is 0 Å². The van der Waals surface area contributed by atoms with E-state index in [2.05, 4.69) is 10.2 Å². The van der Waals surface area contributed by atoms with E-state index < -0.39 is 0 Å². The lowest BCUT2D eigenvalue weighted by molar-refractivity contribution is -0.125. The molecule has 0 atom stereocenters. The van der Waals surface area contributed by atoms with E-state index in [-0.39, 0.29) is 17.2 Å². The highest BCUT2D eigenvalue weighted by Crippen LogP contribution is 2.21. The molecular formula is C14H15N5O2S. The maximum absolute atomic E-state index is 12.3. The summed E-state index contributed by atoms with van der Waals surface area (Å²) in [4.78, 5) is 25.6. The molecule has 0 radical (unpaired) electrons. The maximum atomic E-state index is 12.3. The quantitative estimate of drug-likeness (QED) is 0.667. The van der Waals surface area contributed by atoms with Crippen LogP contribution in [0.15, 0.2) is 34.2 Å². The summed E-state index contributed by atoms with van der Waals surface area (Å²) >= 11 is 1.31. The van der Waals surface area contributed by atoms with Crippen LogP contribution in [0.4, 0.5) is 0 Å². The third kappa shape index (κ3) is 2.25. The first-order valence-electron chi connectivity index (χ1n) is 6.66. The van der Waals surface area contributed by atoms with Crippen LogP contribution in [-0.2, 0) is 11.8 Å². The summed E-state index contributed by atoms with van der Waals surface area (Å²) in [5.41, 5.74) is 0.627. The van der Waals surface area contributed by atoms with Crippen molar-refractivity contribution >= 4 is 34.3 Å². The van der Waals surface area contributed by atoms with E-state index in [1.54, 1.807) is 27.2 Å². The number of fused-ring (bicyclic) bond motifs is 3. The van der Waals surface area contributed by atoms with E-state index in [0.717, 1.165) is 5.52 Å². The summed E-state index contributed by atoms with van der Waals surface area (Å²) in [5, 5.41) is 9.40. The SMILES string of the molecule is CN(C)C(=O)CSc1nnc2n(C)c(=O)c3ccccc3n12. The molecule has 0 unspecified atom stereocenters. The third-order valence-electron chi connectivity index (χ3n) is 3.42. The Labute approximate surface area is 130 Å². The first-order chi connectivity index (χ1) is 10.5. The fraction of sp³-hybridized carbons (Fsp3) is 0.286. The number of aryl methyl sites for hydroxylation is 1. The molecule has 0 aliphatic rings. The summed E-state index contributed by atoms with van der Waals surface area (Å²) in [5.74, 6) is 0.727. The van der Waals surface area contributed by atoms with Crippen LogP contribution in [-0.4, -0.2) is 49.8 Å². The molecule has 1 aromatic carbocycles. The molecule has 7 nitrogen and oxygen atoms in total. The second-order valence-electron chi connectivity index (χ2n) is 5.08. The van der Waals surface area contributed by atoms with Gasteiger partial charge in [0.05, 0.1) is 16.7 Å². The van der Waals surface area contributed by atoms with E-state index >= 15 is 0 Å². The maximum Gasteiger partial charge on any atom is 0.262 e. The zero-order valence-electron chi connectivity index (χ0n) is 12.5. The van der Waals surface area contributed by atoms with Crippen LogP contribution in [0, 0.1) is 0 Å². The van der Waals surface area contributed by atoms with Crippen molar-refractivity contribution < 1.29 is 4.79 Å². The standard InChI is InChI=1S/C14H15N5O2S/c1-17(2)11(20)8-22-14-16-15-13-18(3)12(21)9-6-4-5-7-10(9)19(13)14/h4-7H,8H2,1-3H3. The van der Waals surface area contributed by atoms with Crippen molar-refractivity contribution in [2.75, 3.05) is 19.8 Å². The molecule has 0 saturated carbocycles. The van der Waals surface area contributed by atoms with Gasteiger partial charge in [-0.3, -0.25) is 18.6 Å². The molecule has 1 amide bonds. The van der Waals surface area contributed by atoms with Gasteiger partial charge in [-0.1, -0.05) is 23.9 Å². The monoisotopic (exact) mass is 317 g/mol. The van der Waals surface area contributed by atoms with Crippen molar-refractivity contribution in [3.8, 4) is 0 Å². The number of amides is 1. The van der Waals surface area contributed by atoms with Gasteiger partial charge in [-0.05, 0) is 12.1 Å². The van der Waals surface area contributed by atoms with Gasteiger partial charge in [-0.2, -0.15) is 0 Å². The van der Waals surface area contributed by atoms with Crippen LogP contribution in [0.1, 0.15) is 0 Å². The lowest BCUT2D eigenvalue weighted by atomic mass is 10.2. The number of nitrogens with zero attached hydrogens (tertiary/aromatic N) is 5. The number of benzene rings is 1. The van der Waals surface area contributed by atoms with E-state index in [1.165, 1.54) is 21.2 Å². The lowest BCUT2D eigenvalue weighted by Crippen LogP contribution is -2.23. The number of hydrogen-bond acceptors (Lipinski definition) is 5. The van der Waals surface area contributed by atoms with Crippen LogP contribution < -0.4 is 5.56 Å². The average Bonchev–Trinajstić information content (AvgIpc) is 2.94. The van der Waals surface area contributed by atoms with Gasteiger partial charge in [0, 0.05) is 21.1 Å². The number of carbonyl (C=O) groups is 1. The fourth-order valence-electron chi connectivity index (χ4n) is 2.16. The van der Waals surface area contributed by atoms with Gasteiger partial charge >= 0.3 is 0 Å². The first-order valence-corrected chi connectivity index (χ1v) is 7.65. The lowest BCUT2D eigenvalue weighted by Gasteiger charge is -2.10. The number of rotatable bonds is 3. The Morgan fingerprint density at radius 2 is 2.00 bits per heavy atom. The van der Waals surface area contributed by atoms with E-state index in [9.17, 15) is 9.59 Å². The normalized spacial score (nSPS) is 11.2. The third-order valence-corrected chi connectivity index (χ3v) is 4.33. The van der Waals surface area contributed by atoms with Crippen molar-refractivity contribution in [2.45, 2.75) is 5.16 Å². The van der Waals surface area contributed by atoms with Crippen LogP contribution in [0.25, 0.3) is 16.7 Å². The molecule has 2 aromatic heterocycles. The zero-order chi connectivity index (χ0) is 15.9. The predicted molar refractivity (Wildman–Crippen MR) is 85.2 cm³/mol. The van der Waals surface area contributed by atoms with E-state index in [4.69, 9.17) is 0 Å². The number of carbonyl (C=O) groups excluding carboxylic acids is 1. The molecule has 8 heteroatoms. The topological polar surface area (TPSA) is 72.5 Å². The Morgan fingerprint density at radius 1 is 1.27 bits per heavy atom. The van der Waals surface area contributed by atoms with Gasteiger partial charge in [-0.15, -0.1) is 10.2 Å². The van der Waals surface area contributed by atoms with Gasteiger partial charge in [0.2, 0.25) is 11.7 Å². The summed E-state index contributed by atoms with van der Waals surface area (Å²) < 4.78 is 3.28. The average molecular weight is 317 g/mol. The van der Waals surface area contributed by atoms with Crippen molar-refractivity contribution in [3.63, 3.8) is 0 Å². The van der Waals surface area contributed by atoms with Crippen molar-refractivity contribution in [1.82, 2.24) is 24.1 Å². The molecule has 0 bridgehead atoms. The van der Waals surface area contributed by atoms with Crippen LogP contribution in [0.5, 0.6) is 0 Å². The molecule has 0 aliphatic heterocycles. The predicted octanol–water partition coefficient (Wildman–Crippen LogP) is 0.761. The molecule has 0 spiro atoms. The first kappa shape index (κ1) is 14.6. The molecule has 2 heterocycles. The summed E-state index contributed by atoms with van der Waals surface area (Å²) in [7, 11) is 5.09. The Bertz CT molecular complexity index is 928. The Balaban J connectivity index is 2.17. The van der Waals surface area contributed by atoms with Gasteiger partial charge in [0.15, 0.2) is 5.16 Å². The second kappa shape index (κ2) is 5.45. The largest absolute Gasteiger partial charge is 0.348 e. The summed E-state index contributed by atoms with van der Waals surface area (Å²) in [6, 6.07) is 7.31. The zero-order valence-corrected chi connectivity index (χ0v) is 13.3. The minimum Gasteiger partial charge on any atom is -0.348 e. The van der Waals surface area contributed by atoms with Crippen LogP contribution in [0.2, 0.25) is 0 Å². The van der Waals surface area contributed by atoms with E-state index in [0.29, 0.717) is 16.3 Å². The molecule has 0 aliphatic carbocycles. The van der Waals surface area contributed by atoms with Gasteiger partial charge < -0.3 is 4.90 Å². The Hall–Kier alpha value is -2.35. The highest BCUT2D eigenvalue weighted by atomic mass is 32.2. The molecule has 114 valence electrons. The molecular weight excluding hydrogens is 302 g/mol. The molecule has 0 saturated heterocycles. The smallest absolute Gasteiger partial charge is 0.262 e.